The van der Waals surface area contributed by atoms with Gasteiger partial charge in [0.05, 0.1) is 4.92 Å². The fraction of sp³-hybridized carbons (Fsp3) is 0.348. The number of rotatable bonds is 13. The third kappa shape index (κ3) is 8.26. The Bertz CT molecular complexity index is 1660. The van der Waals surface area contributed by atoms with Crippen molar-refractivity contribution in [1.29, 1.82) is 0 Å². The molecule has 0 spiro atoms. The van der Waals surface area contributed by atoms with Crippen LogP contribution in [0, 0.1) is 10.1 Å². The summed E-state index contributed by atoms with van der Waals surface area (Å²) in [6.07, 6.45) is 0. The van der Waals surface area contributed by atoms with Crippen molar-refractivity contribution in [3.63, 3.8) is 0 Å². The van der Waals surface area contributed by atoms with E-state index in [1.807, 2.05) is 0 Å². The highest BCUT2D eigenvalue weighted by atomic mass is 35.5. The number of nitrogens with zero attached hydrogens (tertiary/aromatic N) is 4. The smallest absolute Gasteiger partial charge is 0.363 e. The van der Waals surface area contributed by atoms with Crippen molar-refractivity contribution in [2.75, 3.05) is 18.2 Å². The SMILES string of the molecule is CNC(=O)[C@H]1[C@@H](NC(=O)/C(=N\OC(C)(C)C(=O)OCc2ccc([N+](=O)[O-])cc2)c2csc(NC(=O)CCl)n2)C(=O)N1S(=O)(=O)O. The number of aromatic nitrogens is 1. The van der Waals surface area contributed by atoms with Crippen LogP contribution >= 0.6 is 22.9 Å². The van der Waals surface area contributed by atoms with Gasteiger partial charge in [-0.3, -0.25) is 33.8 Å². The van der Waals surface area contributed by atoms with Gasteiger partial charge < -0.3 is 25.5 Å². The number of thiazole rings is 1. The number of carbonyl (C=O) groups excluding carboxylic acids is 5. The molecule has 1 aromatic heterocycles. The number of hydrogen-bond acceptors (Lipinski definition) is 14. The molecule has 3 rings (SSSR count). The van der Waals surface area contributed by atoms with Crippen molar-refractivity contribution in [1.82, 2.24) is 19.9 Å². The molecular formula is C23H24ClN7O12S2. The maximum absolute atomic E-state index is 13.3. The second kappa shape index (κ2) is 13.9. The minimum atomic E-state index is -5.17. The number of nitro groups is 1. The van der Waals surface area contributed by atoms with Crippen LogP contribution in [0.15, 0.2) is 34.8 Å². The van der Waals surface area contributed by atoms with Crippen LogP contribution in [-0.2, 0) is 50.5 Å². The summed E-state index contributed by atoms with van der Waals surface area (Å²) in [5.41, 5.74) is -2.54. The molecule has 22 heteroatoms. The van der Waals surface area contributed by atoms with Crippen LogP contribution in [0.25, 0.3) is 0 Å². The number of amides is 4. The molecule has 1 saturated heterocycles. The molecule has 242 valence electrons. The molecule has 2 atom stereocenters. The molecule has 0 aliphatic carbocycles. The van der Waals surface area contributed by atoms with E-state index in [0.717, 1.165) is 18.4 Å². The zero-order valence-electron chi connectivity index (χ0n) is 23.4. The van der Waals surface area contributed by atoms with Crippen LogP contribution in [-0.4, -0.2) is 93.1 Å². The molecular weight excluding hydrogens is 666 g/mol. The molecule has 1 aromatic carbocycles. The summed E-state index contributed by atoms with van der Waals surface area (Å²) in [5, 5.41) is 22.4. The molecule has 2 heterocycles. The lowest BCUT2D eigenvalue weighted by atomic mass is 9.97. The van der Waals surface area contributed by atoms with Gasteiger partial charge in [-0.15, -0.1) is 22.9 Å². The normalized spacial score (nSPS) is 16.7. The minimum Gasteiger partial charge on any atom is -0.458 e. The fourth-order valence-electron chi connectivity index (χ4n) is 3.51. The van der Waals surface area contributed by atoms with E-state index in [4.69, 9.17) is 21.2 Å². The molecule has 1 fully saturated rings. The number of non-ortho nitro benzene ring substituents is 1. The molecule has 45 heavy (non-hydrogen) atoms. The van der Waals surface area contributed by atoms with Crippen molar-refractivity contribution in [3.8, 4) is 0 Å². The zero-order valence-corrected chi connectivity index (χ0v) is 25.8. The Labute approximate surface area is 262 Å². The van der Waals surface area contributed by atoms with Crippen LogP contribution < -0.4 is 16.0 Å². The number of oxime groups is 1. The summed E-state index contributed by atoms with van der Waals surface area (Å²) >= 11 is 6.32. The number of ether oxygens (including phenoxy) is 1. The predicted molar refractivity (Wildman–Crippen MR) is 154 cm³/mol. The number of likely N-dealkylation sites (N-methyl/N-ethyl adjacent to an activating group) is 1. The van der Waals surface area contributed by atoms with E-state index in [1.165, 1.54) is 43.5 Å². The quantitative estimate of drug-likeness (QED) is 0.0401. The number of anilines is 1. The average molecular weight is 690 g/mol. The van der Waals surface area contributed by atoms with E-state index in [2.05, 4.69) is 26.1 Å². The first-order chi connectivity index (χ1) is 21.0. The molecule has 0 unspecified atom stereocenters. The van der Waals surface area contributed by atoms with E-state index in [0.29, 0.717) is 5.56 Å². The number of benzene rings is 1. The molecule has 0 bridgehead atoms. The number of carbonyl (C=O) groups is 5. The van der Waals surface area contributed by atoms with Gasteiger partial charge in [0.15, 0.2) is 16.9 Å². The first-order valence-corrected chi connectivity index (χ1v) is 15.1. The molecule has 2 aromatic rings. The minimum absolute atomic E-state index is 0.0292. The van der Waals surface area contributed by atoms with Crippen LogP contribution in [0.5, 0.6) is 0 Å². The van der Waals surface area contributed by atoms with Crippen LogP contribution in [0.4, 0.5) is 10.8 Å². The van der Waals surface area contributed by atoms with Gasteiger partial charge in [0.25, 0.3) is 17.5 Å². The highest BCUT2D eigenvalue weighted by molar-refractivity contribution is 7.84. The average Bonchev–Trinajstić information content (AvgIpc) is 3.43. The first-order valence-electron chi connectivity index (χ1n) is 12.3. The lowest BCUT2D eigenvalue weighted by molar-refractivity contribution is -0.384. The van der Waals surface area contributed by atoms with Crippen molar-refractivity contribution in [2.45, 2.75) is 38.1 Å². The number of halogens is 1. The van der Waals surface area contributed by atoms with Crippen LogP contribution in [0.2, 0.25) is 0 Å². The number of esters is 1. The molecule has 1 aliphatic heterocycles. The maximum atomic E-state index is 13.3. The van der Waals surface area contributed by atoms with Gasteiger partial charge in [0.2, 0.25) is 17.4 Å². The summed E-state index contributed by atoms with van der Waals surface area (Å²) in [6, 6.07) is 1.55. The van der Waals surface area contributed by atoms with Gasteiger partial charge in [0, 0.05) is 24.6 Å². The molecule has 4 N–H and O–H groups in total. The van der Waals surface area contributed by atoms with E-state index in [-0.39, 0.29) is 27.4 Å². The van der Waals surface area contributed by atoms with E-state index < -0.39 is 74.1 Å². The third-order valence-corrected chi connectivity index (χ3v) is 7.71. The Morgan fingerprint density at radius 2 is 1.89 bits per heavy atom. The van der Waals surface area contributed by atoms with Gasteiger partial charge in [-0.2, -0.15) is 12.7 Å². The number of nitrogens with one attached hydrogen (secondary N) is 3. The molecule has 0 saturated carbocycles. The van der Waals surface area contributed by atoms with Gasteiger partial charge in [-0.1, -0.05) is 5.16 Å². The van der Waals surface area contributed by atoms with Crippen molar-refractivity contribution in [3.05, 3.63) is 51.0 Å². The van der Waals surface area contributed by atoms with Gasteiger partial charge in [-0.25, -0.2) is 9.78 Å². The Hall–Kier alpha value is -4.73. The van der Waals surface area contributed by atoms with E-state index in [1.54, 1.807) is 0 Å². The maximum Gasteiger partial charge on any atom is 0.363 e. The predicted octanol–water partition coefficient (Wildman–Crippen LogP) is -0.284. The largest absolute Gasteiger partial charge is 0.458 e. The number of hydrogen-bond donors (Lipinski definition) is 4. The van der Waals surface area contributed by atoms with Gasteiger partial charge >= 0.3 is 16.3 Å². The van der Waals surface area contributed by atoms with E-state index in [9.17, 15) is 47.1 Å². The first kappa shape index (κ1) is 34.8. The Morgan fingerprint density at radius 3 is 2.44 bits per heavy atom. The summed E-state index contributed by atoms with van der Waals surface area (Å²) in [5.74, 6) is -5.63. The Kier molecular flexibility index (Phi) is 10.8. The topological polar surface area (TPSA) is 266 Å². The highest BCUT2D eigenvalue weighted by Gasteiger charge is 2.57. The van der Waals surface area contributed by atoms with E-state index >= 15 is 0 Å². The summed E-state index contributed by atoms with van der Waals surface area (Å²) in [7, 11) is -4.04. The Balaban J connectivity index is 1.85. The van der Waals surface area contributed by atoms with Crippen LogP contribution in [0.1, 0.15) is 25.1 Å². The fourth-order valence-corrected chi connectivity index (χ4v) is 5.13. The van der Waals surface area contributed by atoms with Crippen LogP contribution in [0.3, 0.4) is 0 Å². The second-order valence-electron chi connectivity index (χ2n) is 9.38. The standard InChI is InChI=1S/C23H24ClN7O12S2/c1-23(2,21(36)42-9-11-4-6-12(7-5-11)31(37)38)43-29-15(13-10-44-22(26-13)27-14(32)8-24)18(33)28-16-17(19(34)25-3)30(20(16)35)45(39,40)41/h4-7,10,16-17H,8-9H2,1-3H3,(H,25,34)(H,28,33)(H,26,27,32)(H,39,40,41)/b29-15-/t16-,17-/m1/s1. The zero-order chi connectivity index (χ0) is 33.7. The van der Waals surface area contributed by atoms with Crippen molar-refractivity contribution < 1.29 is 51.4 Å². The third-order valence-electron chi connectivity index (χ3n) is 5.81. The highest BCUT2D eigenvalue weighted by Crippen LogP contribution is 2.25. The van der Waals surface area contributed by atoms with Crippen molar-refractivity contribution >= 4 is 79.4 Å². The molecule has 19 nitrogen and oxygen atoms in total. The van der Waals surface area contributed by atoms with Gasteiger partial charge in [-0.05, 0) is 31.5 Å². The Morgan fingerprint density at radius 1 is 1.24 bits per heavy atom. The van der Waals surface area contributed by atoms with Crippen molar-refractivity contribution in [2.24, 2.45) is 5.16 Å². The van der Waals surface area contributed by atoms with Gasteiger partial charge in [0.1, 0.15) is 24.2 Å². The molecule has 1 aliphatic rings. The summed E-state index contributed by atoms with van der Waals surface area (Å²) in [4.78, 5) is 82.1. The number of alkyl halides is 1. The number of nitro benzene ring substituents is 1. The number of β-lactam (4-membered cyclic amide) rings is 1. The second-order valence-corrected chi connectivity index (χ2v) is 11.8. The monoisotopic (exact) mass is 689 g/mol. The summed E-state index contributed by atoms with van der Waals surface area (Å²) in [6.45, 7) is 2.17. The molecule has 0 radical (unpaired) electrons. The summed E-state index contributed by atoms with van der Waals surface area (Å²) < 4.78 is 37.7. The lowest BCUT2D eigenvalue weighted by Crippen LogP contribution is -2.76. The lowest BCUT2D eigenvalue weighted by Gasteiger charge is -2.42. The molecule has 4 amide bonds.